The number of amides is 1. The Morgan fingerprint density at radius 2 is 2.30 bits per heavy atom. The number of likely N-dealkylation sites (N-methyl/N-ethyl adjacent to an activating group) is 1. The van der Waals surface area contributed by atoms with Crippen LogP contribution in [0.15, 0.2) is 16.8 Å². The maximum absolute atomic E-state index is 12.2. The van der Waals surface area contributed by atoms with E-state index in [0.29, 0.717) is 11.4 Å². The van der Waals surface area contributed by atoms with Crippen LogP contribution in [0.5, 0.6) is 0 Å². The number of carbonyl (C=O) groups excluding carboxylic acids is 1. The molecule has 0 aliphatic heterocycles. The number of aryl methyl sites for hydroxylation is 1. The number of nitrogens with zero attached hydrogens (tertiary/aromatic N) is 2. The molecule has 0 fully saturated rings. The maximum Gasteiger partial charge on any atom is 0.263 e. The van der Waals surface area contributed by atoms with E-state index in [2.05, 4.69) is 27.5 Å². The monoisotopic (exact) mass is 309 g/mol. The lowest BCUT2D eigenvalue weighted by molar-refractivity contribution is 0.0953. The minimum Gasteiger partial charge on any atom is -0.350 e. The Hall–Kier alpha value is -1.24. The van der Waals surface area contributed by atoms with Crippen molar-refractivity contribution in [3.63, 3.8) is 0 Å². The SMILES string of the molecule is CCN(C)CCNC(=O)c1sc(-c2ccsc2)nc1C. The number of hydrogen-bond donors (Lipinski definition) is 1. The molecule has 0 atom stereocenters. The number of nitrogens with one attached hydrogen (secondary N) is 1. The van der Waals surface area contributed by atoms with Crippen molar-refractivity contribution >= 4 is 28.6 Å². The summed E-state index contributed by atoms with van der Waals surface area (Å²) in [5.41, 5.74) is 1.89. The second-order valence-electron chi connectivity index (χ2n) is 4.60. The maximum atomic E-state index is 12.2. The molecule has 0 unspecified atom stereocenters. The van der Waals surface area contributed by atoms with Gasteiger partial charge >= 0.3 is 0 Å². The van der Waals surface area contributed by atoms with Crippen molar-refractivity contribution in [3.8, 4) is 10.6 Å². The molecule has 0 aliphatic rings. The highest BCUT2D eigenvalue weighted by atomic mass is 32.1. The minimum absolute atomic E-state index is 0.0222. The first-order valence-corrected chi connectivity index (χ1v) is 8.34. The van der Waals surface area contributed by atoms with Gasteiger partial charge in [-0.2, -0.15) is 11.3 Å². The molecule has 4 nitrogen and oxygen atoms in total. The van der Waals surface area contributed by atoms with Crippen LogP contribution in [0.3, 0.4) is 0 Å². The van der Waals surface area contributed by atoms with E-state index in [1.54, 1.807) is 11.3 Å². The van der Waals surface area contributed by atoms with Gasteiger partial charge in [0.05, 0.1) is 5.69 Å². The van der Waals surface area contributed by atoms with Gasteiger partial charge in [-0.3, -0.25) is 4.79 Å². The summed E-state index contributed by atoms with van der Waals surface area (Å²) in [5, 5.41) is 7.94. The smallest absolute Gasteiger partial charge is 0.263 e. The molecule has 108 valence electrons. The summed E-state index contributed by atoms with van der Waals surface area (Å²) in [5.74, 6) is -0.0222. The van der Waals surface area contributed by atoms with E-state index in [0.717, 1.165) is 29.4 Å². The van der Waals surface area contributed by atoms with Crippen LogP contribution in [-0.2, 0) is 0 Å². The Labute approximate surface area is 127 Å². The zero-order chi connectivity index (χ0) is 14.5. The molecule has 0 saturated carbocycles. The highest BCUT2D eigenvalue weighted by molar-refractivity contribution is 7.17. The highest BCUT2D eigenvalue weighted by Gasteiger charge is 2.16. The molecule has 1 N–H and O–H groups in total. The Bertz CT molecular complexity index is 563. The van der Waals surface area contributed by atoms with Crippen LogP contribution in [0.1, 0.15) is 22.3 Å². The fraction of sp³-hybridized carbons (Fsp3) is 0.429. The Morgan fingerprint density at radius 3 is 2.95 bits per heavy atom. The van der Waals surface area contributed by atoms with Gasteiger partial charge in [0.1, 0.15) is 9.88 Å². The van der Waals surface area contributed by atoms with Crippen molar-refractivity contribution in [2.45, 2.75) is 13.8 Å². The normalized spacial score (nSPS) is 11.0. The second-order valence-corrected chi connectivity index (χ2v) is 6.38. The molecule has 0 saturated heterocycles. The number of rotatable bonds is 6. The van der Waals surface area contributed by atoms with E-state index >= 15 is 0 Å². The molecule has 0 spiro atoms. The van der Waals surface area contributed by atoms with E-state index in [-0.39, 0.29) is 5.91 Å². The first kappa shape index (κ1) is 15.2. The predicted octanol–water partition coefficient (Wildman–Crippen LogP) is 2.86. The summed E-state index contributed by atoms with van der Waals surface area (Å²) in [6, 6.07) is 2.03. The van der Waals surface area contributed by atoms with Gasteiger partial charge in [-0.1, -0.05) is 6.92 Å². The summed E-state index contributed by atoms with van der Waals surface area (Å²) >= 11 is 3.10. The Balaban J connectivity index is 2.00. The third kappa shape index (κ3) is 3.65. The van der Waals surface area contributed by atoms with Crippen molar-refractivity contribution in [1.82, 2.24) is 15.2 Å². The summed E-state index contributed by atoms with van der Waals surface area (Å²) < 4.78 is 0. The molecule has 20 heavy (non-hydrogen) atoms. The summed E-state index contributed by atoms with van der Waals surface area (Å²) in [4.78, 5) is 19.5. The highest BCUT2D eigenvalue weighted by Crippen LogP contribution is 2.29. The fourth-order valence-electron chi connectivity index (χ4n) is 1.72. The molecule has 2 aromatic rings. The van der Waals surface area contributed by atoms with E-state index in [1.807, 2.05) is 25.4 Å². The molecule has 2 aromatic heterocycles. The molecular weight excluding hydrogens is 290 g/mol. The zero-order valence-corrected chi connectivity index (χ0v) is 13.6. The third-order valence-corrected chi connectivity index (χ3v) is 4.98. The molecule has 0 aliphatic carbocycles. The summed E-state index contributed by atoms with van der Waals surface area (Å²) in [6.45, 7) is 6.49. The van der Waals surface area contributed by atoms with Crippen molar-refractivity contribution in [3.05, 3.63) is 27.4 Å². The van der Waals surface area contributed by atoms with Crippen LogP contribution < -0.4 is 5.32 Å². The number of carbonyl (C=O) groups is 1. The standard InChI is InChI=1S/C14H19N3OS2/c1-4-17(3)7-6-15-13(18)12-10(2)16-14(20-12)11-5-8-19-9-11/h5,8-9H,4,6-7H2,1-3H3,(H,15,18). The van der Waals surface area contributed by atoms with E-state index < -0.39 is 0 Å². The van der Waals surface area contributed by atoms with Gasteiger partial charge in [0.15, 0.2) is 0 Å². The largest absolute Gasteiger partial charge is 0.350 e. The van der Waals surface area contributed by atoms with Gasteiger partial charge < -0.3 is 10.2 Å². The molecule has 0 radical (unpaired) electrons. The number of aromatic nitrogens is 1. The van der Waals surface area contributed by atoms with Crippen LogP contribution in [-0.4, -0.2) is 42.5 Å². The second kappa shape index (κ2) is 6.97. The van der Waals surface area contributed by atoms with Crippen LogP contribution >= 0.6 is 22.7 Å². The molecule has 2 rings (SSSR count). The average Bonchev–Trinajstić information content (AvgIpc) is 3.07. The van der Waals surface area contributed by atoms with Crippen molar-refractivity contribution in [2.24, 2.45) is 0 Å². The molecule has 2 heterocycles. The van der Waals surface area contributed by atoms with Gasteiger partial charge in [0.25, 0.3) is 5.91 Å². The lowest BCUT2D eigenvalue weighted by atomic mass is 10.3. The van der Waals surface area contributed by atoms with Crippen LogP contribution in [0, 0.1) is 6.92 Å². The van der Waals surface area contributed by atoms with Gasteiger partial charge in [-0.05, 0) is 32.0 Å². The first-order valence-electron chi connectivity index (χ1n) is 6.58. The average molecular weight is 309 g/mol. The predicted molar refractivity (Wildman–Crippen MR) is 85.7 cm³/mol. The van der Waals surface area contributed by atoms with Crippen LogP contribution in [0.4, 0.5) is 0 Å². The minimum atomic E-state index is -0.0222. The third-order valence-electron chi connectivity index (χ3n) is 3.09. The quantitative estimate of drug-likeness (QED) is 0.892. The van der Waals surface area contributed by atoms with Crippen molar-refractivity contribution < 1.29 is 4.79 Å². The van der Waals surface area contributed by atoms with Gasteiger partial charge in [-0.15, -0.1) is 11.3 Å². The van der Waals surface area contributed by atoms with E-state index in [4.69, 9.17) is 0 Å². The zero-order valence-electron chi connectivity index (χ0n) is 12.0. The molecule has 6 heteroatoms. The topological polar surface area (TPSA) is 45.2 Å². The number of hydrogen-bond acceptors (Lipinski definition) is 5. The van der Waals surface area contributed by atoms with Crippen molar-refractivity contribution in [1.29, 1.82) is 0 Å². The van der Waals surface area contributed by atoms with E-state index in [1.165, 1.54) is 11.3 Å². The Morgan fingerprint density at radius 1 is 1.50 bits per heavy atom. The first-order chi connectivity index (χ1) is 9.61. The summed E-state index contributed by atoms with van der Waals surface area (Å²) in [6.07, 6.45) is 0. The number of thiazole rings is 1. The lowest BCUT2D eigenvalue weighted by Gasteiger charge is -2.13. The van der Waals surface area contributed by atoms with Gasteiger partial charge in [0.2, 0.25) is 0 Å². The van der Waals surface area contributed by atoms with Crippen LogP contribution in [0.25, 0.3) is 10.6 Å². The fourth-order valence-corrected chi connectivity index (χ4v) is 3.41. The van der Waals surface area contributed by atoms with Crippen LogP contribution in [0.2, 0.25) is 0 Å². The lowest BCUT2D eigenvalue weighted by Crippen LogP contribution is -2.32. The molecule has 1 amide bonds. The number of thiophene rings is 1. The van der Waals surface area contributed by atoms with Gasteiger partial charge in [-0.25, -0.2) is 4.98 Å². The molecular formula is C14H19N3OS2. The molecule has 0 bridgehead atoms. The summed E-state index contributed by atoms with van der Waals surface area (Å²) in [7, 11) is 2.04. The molecule has 0 aromatic carbocycles. The van der Waals surface area contributed by atoms with Crippen molar-refractivity contribution in [2.75, 3.05) is 26.7 Å². The van der Waals surface area contributed by atoms with Gasteiger partial charge in [0, 0.05) is 24.0 Å². The Kier molecular flexibility index (Phi) is 5.28. The van der Waals surface area contributed by atoms with E-state index in [9.17, 15) is 4.79 Å².